The molecule has 1 aliphatic heterocycles. The number of imidazole rings is 1. The Morgan fingerprint density at radius 3 is 3.00 bits per heavy atom. The smallest absolute Gasteiger partial charge is 0.356 e. The van der Waals surface area contributed by atoms with E-state index in [2.05, 4.69) is 16.4 Å². The number of nitrogens with zero attached hydrogens (tertiary/aromatic N) is 2. The fraction of sp³-hybridized carbons (Fsp3) is 0.412. The van der Waals surface area contributed by atoms with E-state index in [1.54, 1.807) is 6.20 Å². The SMILES string of the molecule is Cn1cc(C(=O)O)nc1[C@@H]1Nc2ccc(Cl)cc2[C@@H]2CCC[C@@H]21. The zero-order chi connectivity index (χ0) is 16.1. The van der Waals surface area contributed by atoms with E-state index in [1.165, 1.54) is 12.0 Å². The van der Waals surface area contributed by atoms with Crippen LogP contribution in [0.3, 0.4) is 0 Å². The Labute approximate surface area is 139 Å². The molecule has 2 N–H and O–H groups in total. The lowest BCUT2D eigenvalue weighted by Gasteiger charge is -2.37. The van der Waals surface area contributed by atoms with E-state index in [9.17, 15) is 9.90 Å². The zero-order valence-corrected chi connectivity index (χ0v) is 13.5. The molecule has 1 aromatic carbocycles. The average Bonchev–Trinajstić information content (AvgIpc) is 3.13. The quantitative estimate of drug-likeness (QED) is 0.877. The maximum Gasteiger partial charge on any atom is 0.356 e. The van der Waals surface area contributed by atoms with Crippen LogP contribution in [0, 0.1) is 5.92 Å². The van der Waals surface area contributed by atoms with Crippen LogP contribution in [0.5, 0.6) is 0 Å². The van der Waals surface area contributed by atoms with Crippen molar-refractivity contribution >= 4 is 23.3 Å². The Morgan fingerprint density at radius 2 is 2.26 bits per heavy atom. The number of aryl methyl sites for hydroxylation is 1. The number of hydrogen-bond acceptors (Lipinski definition) is 3. The standard InChI is InChI=1S/C17H18ClN3O2/c1-21-8-14(17(22)23)20-16(21)15-11-4-2-3-10(11)12-7-9(18)5-6-13(12)19-15/h5-8,10-11,15,19H,2-4H2,1H3,(H,22,23)/t10-,11+,15-/m1/s1. The molecule has 5 nitrogen and oxygen atoms in total. The van der Waals surface area contributed by atoms with Gasteiger partial charge in [-0.25, -0.2) is 9.78 Å². The minimum atomic E-state index is -0.988. The van der Waals surface area contributed by atoms with Gasteiger partial charge in [0.05, 0.1) is 6.04 Å². The van der Waals surface area contributed by atoms with Crippen molar-refractivity contribution in [2.75, 3.05) is 5.32 Å². The van der Waals surface area contributed by atoms with Crippen LogP contribution in [0.1, 0.15) is 53.1 Å². The average molecular weight is 332 g/mol. The van der Waals surface area contributed by atoms with E-state index in [0.717, 1.165) is 29.4 Å². The Morgan fingerprint density at radius 1 is 1.43 bits per heavy atom. The van der Waals surface area contributed by atoms with Gasteiger partial charge in [0.1, 0.15) is 5.82 Å². The monoisotopic (exact) mass is 331 g/mol. The third kappa shape index (κ3) is 2.30. The first kappa shape index (κ1) is 14.6. The Bertz CT molecular complexity index is 786. The molecular weight excluding hydrogens is 314 g/mol. The molecule has 1 aliphatic carbocycles. The van der Waals surface area contributed by atoms with Crippen LogP contribution < -0.4 is 5.32 Å². The molecule has 0 spiro atoms. The Kier molecular flexibility index (Phi) is 3.34. The van der Waals surface area contributed by atoms with Gasteiger partial charge in [0.2, 0.25) is 0 Å². The summed E-state index contributed by atoms with van der Waals surface area (Å²) in [4.78, 5) is 15.6. The molecule has 1 fully saturated rings. The molecule has 6 heteroatoms. The maximum absolute atomic E-state index is 11.2. The summed E-state index contributed by atoms with van der Waals surface area (Å²) in [5, 5.41) is 13.5. The number of anilines is 1. The van der Waals surface area contributed by atoms with Crippen LogP contribution in [-0.2, 0) is 7.05 Å². The summed E-state index contributed by atoms with van der Waals surface area (Å²) in [6.07, 6.45) is 5.02. The number of carbonyl (C=O) groups is 1. The summed E-state index contributed by atoms with van der Waals surface area (Å²) < 4.78 is 1.83. The molecule has 0 bridgehead atoms. The van der Waals surface area contributed by atoms with E-state index in [4.69, 9.17) is 11.6 Å². The fourth-order valence-electron chi connectivity index (χ4n) is 4.15. The van der Waals surface area contributed by atoms with Gasteiger partial charge in [0, 0.05) is 24.0 Å². The van der Waals surface area contributed by atoms with E-state index in [0.29, 0.717) is 11.8 Å². The van der Waals surface area contributed by atoms with Crippen LogP contribution in [-0.4, -0.2) is 20.6 Å². The zero-order valence-electron chi connectivity index (χ0n) is 12.8. The lowest BCUT2D eigenvalue weighted by Crippen LogP contribution is -2.30. The number of aromatic nitrogens is 2. The van der Waals surface area contributed by atoms with Crippen LogP contribution in [0.25, 0.3) is 0 Å². The van der Waals surface area contributed by atoms with Crippen molar-refractivity contribution in [3.05, 3.63) is 46.5 Å². The summed E-state index contributed by atoms with van der Waals surface area (Å²) in [5.41, 5.74) is 2.46. The molecule has 3 atom stereocenters. The number of benzene rings is 1. The molecule has 0 saturated heterocycles. The lowest BCUT2D eigenvalue weighted by molar-refractivity contribution is 0.0690. The molecule has 2 aliphatic rings. The molecular formula is C17H18ClN3O2. The van der Waals surface area contributed by atoms with Crippen molar-refractivity contribution < 1.29 is 9.90 Å². The van der Waals surface area contributed by atoms with Crippen molar-refractivity contribution in [2.24, 2.45) is 13.0 Å². The number of fused-ring (bicyclic) bond motifs is 3. The Balaban J connectivity index is 1.78. The molecule has 4 rings (SSSR count). The minimum Gasteiger partial charge on any atom is -0.476 e. The number of carboxylic acid groups (broad SMARTS) is 1. The highest BCUT2D eigenvalue weighted by Gasteiger charge is 2.42. The van der Waals surface area contributed by atoms with E-state index >= 15 is 0 Å². The van der Waals surface area contributed by atoms with Gasteiger partial charge in [-0.05, 0) is 48.4 Å². The number of aromatic carboxylic acids is 1. The van der Waals surface area contributed by atoms with Crippen molar-refractivity contribution in [3.8, 4) is 0 Å². The third-order valence-corrected chi connectivity index (χ3v) is 5.37. The number of hydrogen-bond donors (Lipinski definition) is 2. The van der Waals surface area contributed by atoms with Crippen LogP contribution >= 0.6 is 11.6 Å². The highest BCUT2D eigenvalue weighted by atomic mass is 35.5. The second kappa shape index (κ2) is 5.27. The Hall–Kier alpha value is -2.01. The summed E-state index contributed by atoms with van der Waals surface area (Å²) >= 11 is 6.17. The van der Waals surface area contributed by atoms with Crippen LogP contribution in [0.15, 0.2) is 24.4 Å². The molecule has 0 unspecified atom stereocenters. The molecule has 2 heterocycles. The van der Waals surface area contributed by atoms with Gasteiger partial charge >= 0.3 is 5.97 Å². The minimum absolute atomic E-state index is 0.0364. The lowest BCUT2D eigenvalue weighted by atomic mass is 9.79. The first-order valence-electron chi connectivity index (χ1n) is 7.87. The molecule has 1 saturated carbocycles. The van der Waals surface area contributed by atoms with Gasteiger partial charge in [0.25, 0.3) is 0 Å². The van der Waals surface area contributed by atoms with Gasteiger partial charge in [-0.15, -0.1) is 0 Å². The number of halogens is 1. The van der Waals surface area contributed by atoms with Gasteiger partial charge < -0.3 is 15.0 Å². The third-order valence-electron chi connectivity index (χ3n) is 5.13. The highest BCUT2D eigenvalue weighted by Crippen LogP contribution is 2.52. The summed E-state index contributed by atoms with van der Waals surface area (Å²) in [6.45, 7) is 0. The van der Waals surface area contributed by atoms with Crippen molar-refractivity contribution in [3.63, 3.8) is 0 Å². The van der Waals surface area contributed by atoms with Gasteiger partial charge in [-0.2, -0.15) is 0 Å². The predicted octanol–water partition coefficient (Wildman–Crippen LogP) is 3.82. The number of rotatable bonds is 2. The largest absolute Gasteiger partial charge is 0.476 e. The molecule has 120 valence electrons. The van der Waals surface area contributed by atoms with Gasteiger partial charge in [-0.3, -0.25) is 0 Å². The first-order chi connectivity index (χ1) is 11.0. The van der Waals surface area contributed by atoms with E-state index < -0.39 is 5.97 Å². The van der Waals surface area contributed by atoms with Crippen LogP contribution in [0.4, 0.5) is 5.69 Å². The van der Waals surface area contributed by atoms with Crippen molar-refractivity contribution in [1.82, 2.24) is 9.55 Å². The molecule has 0 amide bonds. The van der Waals surface area contributed by atoms with E-state index in [-0.39, 0.29) is 11.7 Å². The maximum atomic E-state index is 11.2. The van der Waals surface area contributed by atoms with E-state index in [1.807, 2.05) is 23.7 Å². The first-order valence-corrected chi connectivity index (χ1v) is 8.25. The molecule has 1 aromatic heterocycles. The molecule has 23 heavy (non-hydrogen) atoms. The summed E-state index contributed by atoms with van der Waals surface area (Å²) in [7, 11) is 1.86. The van der Waals surface area contributed by atoms with Crippen molar-refractivity contribution in [2.45, 2.75) is 31.2 Å². The second-order valence-corrected chi connectivity index (χ2v) is 6.89. The topological polar surface area (TPSA) is 67.2 Å². The summed E-state index contributed by atoms with van der Waals surface area (Å²) in [5.74, 6) is 0.682. The second-order valence-electron chi connectivity index (χ2n) is 6.46. The highest BCUT2D eigenvalue weighted by molar-refractivity contribution is 6.30. The van der Waals surface area contributed by atoms with Gasteiger partial charge in [-0.1, -0.05) is 18.0 Å². The van der Waals surface area contributed by atoms with Crippen molar-refractivity contribution in [1.29, 1.82) is 0 Å². The predicted molar refractivity (Wildman–Crippen MR) is 88.1 cm³/mol. The molecule has 2 aromatic rings. The summed E-state index contributed by atoms with van der Waals surface area (Å²) in [6, 6.07) is 6.00. The number of carboxylic acids is 1. The normalized spacial score (nSPS) is 25.6. The fourth-order valence-corrected chi connectivity index (χ4v) is 4.33. The van der Waals surface area contributed by atoms with Crippen LogP contribution in [0.2, 0.25) is 5.02 Å². The number of nitrogens with one attached hydrogen (secondary N) is 1. The molecule has 0 radical (unpaired) electrons. The van der Waals surface area contributed by atoms with Gasteiger partial charge in [0.15, 0.2) is 5.69 Å².